The van der Waals surface area contributed by atoms with E-state index < -0.39 is 10.9 Å². The van der Waals surface area contributed by atoms with Crippen LogP contribution in [-0.2, 0) is 17.8 Å². The molecule has 2 aromatic rings. The van der Waals surface area contributed by atoms with Crippen molar-refractivity contribution >= 4 is 23.0 Å². The Hall–Kier alpha value is -2.48. The lowest BCUT2D eigenvalue weighted by Gasteiger charge is -2.05. The molecule has 116 valence electrons. The number of ether oxygens (including phenoxy) is 2. The fraction of sp³-hybridized carbons (Fsp3) is 0.286. The van der Waals surface area contributed by atoms with Crippen molar-refractivity contribution in [2.24, 2.45) is 0 Å². The third-order valence-corrected chi connectivity index (χ3v) is 3.91. The van der Waals surface area contributed by atoms with Crippen LogP contribution in [0, 0.1) is 10.1 Å². The maximum atomic E-state index is 12.0. The summed E-state index contributed by atoms with van der Waals surface area (Å²) in [6.45, 7) is 2.03. The molecule has 1 aromatic heterocycles. The van der Waals surface area contributed by atoms with Gasteiger partial charge in [-0.2, -0.15) is 0 Å². The lowest BCUT2D eigenvalue weighted by atomic mass is 10.2. The average molecular weight is 322 g/mol. The zero-order chi connectivity index (χ0) is 16.1. The van der Waals surface area contributed by atoms with E-state index in [0.717, 1.165) is 17.5 Å². The highest BCUT2D eigenvalue weighted by Gasteiger charge is 2.19. The quantitative estimate of drug-likeness (QED) is 0.461. The number of esters is 1. The zero-order valence-electron chi connectivity index (χ0n) is 12.1. The molecular weight excluding hydrogens is 308 g/mol. The molecule has 0 radical (unpaired) electrons. The fourth-order valence-corrected chi connectivity index (χ4v) is 2.49. The first-order valence-electron chi connectivity index (χ1n) is 6.48. The van der Waals surface area contributed by atoms with Crippen LogP contribution in [-0.4, -0.2) is 23.0 Å². The van der Waals surface area contributed by atoms with E-state index in [-0.39, 0.29) is 23.6 Å². The number of aryl methyl sites for hydroxylation is 1. The van der Waals surface area contributed by atoms with E-state index in [4.69, 9.17) is 9.47 Å². The minimum atomic E-state index is -0.642. The van der Waals surface area contributed by atoms with E-state index in [0.29, 0.717) is 5.69 Å². The molecule has 1 aromatic carbocycles. The predicted octanol–water partition coefficient (Wildman–Crippen LogP) is 2.98. The molecule has 2 rings (SSSR count). The first-order valence-corrected chi connectivity index (χ1v) is 7.36. The van der Waals surface area contributed by atoms with Crippen molar-refractivity contribution < 1.29 is 19.2 Å². The van der Waals surface area contributed by atoms with Crippen molar-refractivity contribution in [2.45, 2.75) is 20.0 Å². The molecule has 0 fully saturated rings. The third-order valence-electron chi connectivity index (χ3n) is 2.86. The molecule has 0 atom stereocenters. The smallest absolute Gasteiger partial charge is 0.338 e. The molecule has 0 unspecified atom stereocenters. The van der Waals surface area contributed by atoms with Gasteiger partial charge in [0.2, 0.25) is 0 Å². The number of hydrogen-bond acceptors (Lipinski definition) is 7. The molecule has 7 nitrogen and oxygen atoms in total. The lowest BCUT2D eigenvalue weighted by Crippen LogP contribution is -2.06. The van der Waals surface area contributed by atoms with Crippen molar-refractivity contribution in [2.75, 3.05) is 7.11 Å². The van der Waals surface area contributed by atoms with Gasteiger partial charge in [-0.1, -0.05) is 6.92 Å². The molecular formula is C14H14N2O5S. The highest BCUT2D eigenvalue weighted by Crippen LogP contribution is 2.27. The van der Waals surface area contributed by atoms with Crippen molar-refractivity contribution in [3.05, 3.63) is 50.0 Å². The molecule has 0 saturated heterocycles. The van der Waals surface area contributed by atoms with E-state index in [1.54, 1.807) is 0 Å². The first kappa shape index (κ1) is 15.9. The Labute approximate surface area is 130 Å². The third kappa shape index (κ3) is 3.59. The number of hydrogen-bond donors (Lipinski definition) is 0. The summed E-state index contributed by atoms with van der Waals surface area (Å²) in [6, 6.07) is 3.93. The molecule has 1 heterocycles. The summed E-state index contributed by atoms with van der Waals surface area (Å²) in [5.41, 5.74) is 0.482. The second kappa shape index (κ2) is 6.99. The Morgan fingerprint density at radius 3 is 2.82 bits per heavy atom. The number of rotatable bonds is 6. The molecule has 0 aliphatic rings. The van der Waals surface area contributed by atoms with Crippen LogP contribution in [0.1, 0.15) is 28.0 Å². The van der Waals surface area contributed by atoms with Crippen LogP contribution in [0.3, 0.4) is 0 Å². The van der Waals surface area contributed by atoms with Crippen LogP contribution in [0.15, 0.2) is 23.6 Å². The number of carbonyl (C=O) groups excluding carboxylic acids is 1. The molecule has 0 aliphatic carbocycles. The van der Waals surface area contributed by atoms with E-state index in [1.165, 1.54) is 30.6 Å². The van der Waals surface area contributed by atoms with Gasteiger partial charge in [-0.15, -0.1) is 11.3 Å². The molecule has 8 heteroatoms. The topological polar surface area (TPSA) is 91.6 Å². The molecule has 0 bridgehead atoms. The largest absolute Gasteiger partial charge is 0.490 e. The standard InChI is InChI=1S/C14H14N2O5S/c1-3-13-15-10(8-22-13)7-21-14(17)9-4-5-12(20-2)11(6-9)16(18)19/h4-6,8H,3,7H2,1-2H3. The van der Waals surface area contributed by atoms with Crippen LogP contribution in [0.5, 0.6) is 5.75 Å². The number of nitrogens with zero attached hydrogens (tertiary/aromatic N) is 2. The number of carbonyl (C=O) groups is 1. The molecule has 22 heavy (non-hydrogen) atoms. The highest BCUT2D eigenvalue weighted by atomic mass is 32.1. The van der Waals surface area contributed by atoms with Crippen LogP contribution in [0.2, 0.25) is 0 Å². The Morgan fingerprint density at radius 1 is 1.45 bits per heavy atom. The second-order valence-corrected chi connectivity index (χ2v) is 5.25. The van der Waals surface area contributed by atoms with Gasteiger partial charge in [-0.3, -0.25) is 10.1 Å². The van der Waals surface area contributed by atoms with E-state index >= 15 is 0 Å². The van der Waals surface area contributed by atoms with Gasteiger partial charge >= 0.3 is 11.7 Å². The van der Waals surface area contributed by atoms with Gasteiger partial charge in [0, 0.05) is 11.4 Å². The number of benzene rings is 1. The van der Waals surface area contributed by atoms with E-state index in [9.17, 15) is 14.9 Å². The summed E-state index contributed by atoms with van der Waals surface area (Å²) < 4.78 is 10.0. The van der Waals surface area contributed by atoms with Gasteiger partial charge in [0.25, 0.3) is 0 Å². The Morgan fingerprint density at radius 2 is 2.23 bits per heavy atom. The molecule has 0 aliphatic heterocycles. The number of thiazole rings is 1. The first-order chi connectivity index (χ1) is 10.5. The number of nitro benzene ring substituents is 1. The van der Waals surface area contributed by atoms with Crippen molar-refractivity contribution in [1.29, 1.82) is 0 Å². The van der Waals surface area contributed by atoms with Gasteiger partial charge in [-0.25, -0.2) is 9.78 Å². The van der Waals surface area contributed by atoms with Gasteiger partial charge in [0.15, 0.2) is 5.75 Å². The lowest BCUT2D eigenvalue weighted by molar-refractivity contribution is -0.385. The Balaban J connectivity index is 2.09. The average Bonchev–Trinajstić information content (AvgIpc) is 2.99. The molecule has 0 N–H and O–H groups in total. The predicted molar refractivity (Wildman–Crippen MR) is 80.3 cm³/mol. The summed E-state index contributed by atoms with van der Waals surface area (Å²) in [5, 5.41) is 13.7. The van der Waals surface area contributed by atoms with Crippen molar-refractivity contribution in [1.82, 2.24) is 4.98 Å². The Kier molecular flexibility index (Phi) is 5.05. The number of methoxy groups -OCH3 is 1. The molecule has 0 amide bonds. The summed E-state index contributed by atoms with van der Waals surface area (Å²) in [7, 11) is 1.33. The van der Waals surface area contributed by atoms with Gasteiger partial charge in [-0.05, 0) is 18.6 Å². The van der Waals surface area contributed by atoms with Gasteiger partial charge in [0.1, 0.15) is 6.61 Å². The maximum absolute atomic E-state index is 12.0. The van der Waals surface area contributed by atoms with E-state index in [1.807, 2.05) is 12.3 Å². The maximum Gasteiger partial charge on any atom is 0.338 e. The summed E-state index contributed by atoms with van der Waals surface area (Å²) >= 11 is 1.50. The Bertz CT molecular complexity index is 698. The normalized spacial score (nSPS) is 10.3. The minimum absolute atomic E-state index is 0.0369. The number of aromatic nitrogens is 1. The van der Waals surface area contributed by atoms with Gasteiger partial charge in [0.05, 0.1) is 28.3 Å². The molecule has 0 spiro atoms. The summed E-state index contributed by atoms with van der Waals surface area (Å²) in [4.78, 5) is 26.6. The van der Waals surface area contributed by atoms with Crippen LogP contribution < -0.4 is 4.74 Å². The van der Waals surface area contributed by atoms with E-state index in [2.05, 4.69) is 4.98 Å². The van der Waals surface area contributed by atoms with Crippen LogP contribution in [0.4, 0.5) is 5.69 Å². The van der Waals surface area contributed by atoms with Crippen LogP contribution >= 0.6 is 11.3 Å². The monoisotopic (exact) mass is 322 g/mol. The zero-order valence-corrected chi connectivity index (χ0v) is 12.9. The molecule has 0 saturated carbocycles. The number of nitro groups is 1. The summed E-state index contributed by atoms with van der Waals surface area (Å²) in [5.74, 6) is -0.551. The van der Waals surface area contributed by atoms with Crippen molar-refractivity contribution in [3.8, 4) is 5.75 Å². The fourth-order valence-electron chi connectivity index (χ4n) is 1.76. The highest BCUT2D eigenvalue weighted by molar-refractivity contribution is 7.09. The SMILES string of the molecule is CCc1nc(COC(=O)c2ccc(OC)c([N+](=O)[O-])c2)cs1. The minimum Gasteiger partial charge on any atom is -0.490 e. The van der Waals surface area contributed by atoms with Gasteiger partial charge < -0.3 is 9.47 Å². The van der Waals surface area contributed by atoms with Crippen LogP contribution in [0.25, 0.3) is 0 Å². The van der Waals surface area contributed by atoms with Crippen molar-refractivity contribution in [3.63, 3.8) is 0 Å². The summed E-state index contributed by atoms with van der Waals surface area (Å²) in [6.07, 6.45) is 0.823. The second-order valence-electron chi connectivity index (χ2n) is 4.31.